The van der Waals surface area contributed by atoms with Crippen LogP contribution in [0.5, 0.6) is 0 Å². The molecule has 0 spiro atoms. The molecule has 0 bridgehead atoms. The van der Waals surface area contributed by atoms with Crippen molar-refractivity contribution < 1.29 is 9.59 Å². The van der Waals surface area contributed by atoms with Gasteiger partial charge in [-0.05, 0) is 39.6 Å². The molecule has 0 fully saturated rings. The zero-order chi connectivity index (χ0) is 18.8. The fourth-order valence-electron chi connectivity index (χ4n) is 2.93. The third-order valence-electron chi connectivity index (χ3n) is 4.08. The highest BCUT2D eigenvalue weighted by Gasteiger charge is 2.26. The van der Waals surface area contributed by atoms with Gasteiger partial charge >= 0.3 is 0 Å². The Balaban J connectivity index is 0.00000261. The number of aromatic amines is 1. The first-order chi connectivity index (χ1) is 12.4. The van der Waals surface area contributed by atoms with E-state index in [9.17, 15) is 9.59 Å². The summed E-state index contributed by atoms with van der Waals surface area (Å²) in [5.41, 5.74) is 6.70. The van der Waals surface area contributed by atoms with E-state index in [0.717, 1.165) is 11.3 Å². The van der Waals surface area contributed by atoms with Crippen LogP contribution in [-0.2, 0) is 4.79 Å². The normalized spacial score (nSPS) is 14.9. The number of nitrogens with one attached hydrogen (secondary N) is 2. The Labute approximate surface area is 163 Å². The maximum Gasteiger partial charge on any atom is 0.273 e. The van der Waals surface area contributed by atoms with Gasteiger partial charge in [0.2, 0.25) is 0 Å². The third-order valence-corrected chi connectivity index (χ3v) is 4.08. The largest absolute Gasteiger partial charge is 0.358 e. The van der Waals surface area contributed by atoms with Gasteiger partial charge < -0.3 is 9.88 Å². The average Bonchev–Trinajstić information content (AvgIpc) is 3.08. The molecule has 0 aliphatic carbocycles. The molecule has 1 aliphatic heterocycles. The summed E-state index contributed by atoms with van der Waals surface area (Å²) in [6, 6.07) is 0. The Morgan fingerprint density at radius 2 is 2.00 bits per heavy atom. The van der Waals surface area contributed by atoms with Gasteiger partial charge in [-0.2, -0.15) is 5.10 Å². The Bertz CT molecular complexity index is 931. The average molecular weight is 389 g/mol. The van der Waals surface area contributed by atoms with Crippen molar-refractivity contribution in [2.45, 2.75) is 13.8 Å². The second-order valence-corrected chi connectivity index (χ2v) is 6.37. The first kappa shape index (κ1) is 20.5. The van der Waals surface area contributed by atoms with Gasteiger partial charge in [0.1, 0.15) is 11.4 Å². The fourth-order valence-corrected chi connectivity index (χ4v) is 2.93. The van der Waals surface area contributed by atoms with E-state index in [0.29, 0.717) is 34.8 Å². The van der Waals surface area contributed by atoms with Crippen LogP contribution in [0.2, 0.25) is 0 Å². The van der Waals surface area contributed by atoms with Crippen LogP contribution in [0.1, 0.15) is 33.0 Å². The second kappa shape index (κ2) is 8.24. The molecule has 0 saturated heterocycles. The molecule has 0 radical (unpaired) electrons. The molecular weight excluding hydrogens is 368 g/mol. The van der Waals surface area contributed by atoms with Crippen LogP contribution in [-0.4, -0.2) is 57.9 Å². The Morgan fingerprint density at radius 1 is 1.26 bits per heavy atom. The minimum Gasteiger partial charge on any atom is -0.358 e. The summed E-state index contributed by atoms with van der Waals surface area (Å²) in [4.78, 5) is 38.0. The summed E-state index contributed by atoms with van der Waals surface area (Å²) < 4.78 is 0. The predicted octanol–water partition coefficient (Wildman–Crippen LogP) is 1.51. The number of aromatic nitrogens is 3. The van der Waals surface area contributed by atoms with Crippen molar-refractivity contribution in [3.63, 3.8) is 0 Å². The zero-order valence-electron chi connectivity index (χ0n) is 15.5. The number of hydrogen-bond donors (Lipinski definition) is 2. The van der Waals surface area contributed by atoms with E-state index in [1.807, 2.05) is 32.8 Å². The lowest BCUT2D eigenvalue weighted by atomic mass is 10.0. The summed E-state index contributed by atoms with van der Waals surface area (Å²) in [5, 5.41) is 4.06. The van der Waals surface area contributed by atoms with Crippen LogP contribution in [0.4, 0.5) is 0 Å². The van der Waals surface area contributed by atoms with E-state index in [1.165, 1.54) is 0 Å². The topological polar surface area (TPSA) is 103 Å². The number of likely N-dealkylation sites (N-methyl/N-ethyl adjacent to an activating group) is 1. The minimum absolute atomic E-state index is 0. The lowest BCUT2D eigenvalue weighted by Crippen LogP contribution is -2.22. The molecule has 3 heterocycles. The fraction of sp³-hybridized carbons (Fsp3) is 0.278. The molecular formula is C18H21ClN6O2. The van der Waals surface area contributed by atoms with Crippen molar-refractivity contribution in [2.75, 3.05) is 20.6 Å². The molecule has 2 N–H and O–H groups in total. The standard InChI is InChI=1S/C18H20N6O2.ClH/c1-10-13(21-11(2)16(10)15(25)9-24(3)4)7-12-17(22-23-18(12)26)14-8-19-5-6-20-14;/h5-8,21H,9H2,1-4H3,(H,23,26);1H. The summed E-state index contributed by atoms with van der Waals surface area (Å²) >= 11 is 0. The van der Waals surface area contributed by atoms with Gasteiger partial charge in [0, 0.05) is 29.3 Å². The van der Waals surface area contributed by atoms with Gasteiger partial charge in [-0.1, -0.05) is 0 Å². The highest BCUT2D eigenvalue weighted by atomic mass is 35.5. The third kappa shape index (κ3) is 4.12. The Morgan fingerprint density at radius 3 is 2.63 bits per heavy atom. The van der Waals surface area contributed by atoms with Crippen molar-refractivity contribution in [2.24, 2.45) is 5.10 Å². The predicted molar refractivity (Wildman–Crippen MR) is 105 cm³/mol. The lowest BCUT2D eigenvalue weighted by Gasteiger charge is -2.08. The second-order valence-electron chi connectivity index (χ2n) is 6.37. The number of Topliss-reactive ketones (excluding diaryl/α,β-unsaturated/α-hetero) is 1. The van der Waals surface area contributed by atoms with Gasteiger partial charge in [-0.3, -0.25) is 19.6 Å². The number of amides is 1. The van der Waals surface area contributed by atoms with Gasteiger partial charge in [0.15, 0.2) is 5.78 Å². The number of rotatable bonds is 5. The van der Waals surface area contributed by atoms with Crippen LogP contribution in [0.15, 0.2) is 29.3 Å². The van der Waals surface area contributed by atoms with Crippen molar-refractivity contribution in [1.82, 2.24) is 25.3 Å². The van der Waals surface area contributed by atoms with E-state index < -0.39 is 0 Å². The summed E-state index contributed by atoms with van der Waals surface area (Å²) in [5.74, 6) is -0.289. The van der Waals surface area contributed by atoms with Crippen LogP contribution in [0.3, 0.4) is 0 Å². The molecule has 2 aromatic rings. The van der Waals surface area contributed by atoms with E-state index >= 15 is 0 Å². The van der Waals surface area contributed by atoms with E-state index in [1.54, 1.807) is 24.7 Å². The number of ketones is 1. The highest BCUT2D eigenvalue weighted by Crippen LogP contribution is 2.23. The summed E-state index contributed by atoms with van der Waals surface area (Å²) in [6.07, 6.45) is 6.34. The molecule has 0 saturated carbocycles. The number of nitrogens with zero attached hydrogens (tertiary/aromatic N) is 4. The Kier molecular flexibility index (Phi) is 6.24. The SMILES string of the molecule is Cc1[nH]c(C=C2C(=O)NN=C2c2cnccn2)c(C)c1C(=O)CN(C)C.Cl. The van der Waals surface area contributed by atoms with Gasteiger partial charge in [-0.25, -0.2) is 5.43 Å². The minimum atomic E-state index is -0.321. The van der Waals surface area contributed by atoms with Crippen molar-refractivity contribution in [3.8, 4) is 0 Å². The quantitative estimate of drug-likeness (QED) is 0.596. The van der Waals surface area contributed by atoms with E-state index in [2.05, 4.69) is 25.5 Å². The molecule has 1 aliphatic rings. The number of halogens is 1. The maximum atomic E-state index is 12.5. The molecule has 142 valence electrons. The molecule has 27 heavy (non-hydrogen) atoms. The molecule has 2 aromatic heterocycles. The van der Waals surface area contributed by atoms with Crippen molar-refractivity contribution in [3.05, 3.63) is 52.4 Å². The zero-order valence-corrected chi connectivity index (χ0v) is 16.3. The molecule has 0 aromatic carbocycles. The first-order valence-corrected chi connectivity index (χ1v) is 8.12. The van der Waals surface area contributed by atoms with Crippen molar-refractivity contribution in [1.29, 1.82) is 0 Å². The molecule has 0 unspecified atom stereocenters. The number of aryl methyl sites for hydroxylation is 1. The van der Waals surface area contributed by atoms with Crippen LogP contribution >= 0.6 is 12.4 Å². The molecule has 3 rings (SSSR count). The maximum absolute atomic E-state index is 12.5. The lowest BCUT2D eigenvalue weighted by molar-refractivity contribution is -0.116. The number of carbonyl (C=O) groups excluding carboxylic acids is 2. The summed E-state index contributed by atoms with van der Waals surface area (Å²) in [7, 11) is 3.70. The molecule has 0 atom stereocenters. The van der Waals surface area contributed by atoms with Gasteiger partial charge in [-0.15, -0.1) is 12.4 Å². The molecule has 9 heteroatoms. The number of carbonyl (C=O) groups is 2. The smallest absolute Gasteiger partial charge is 0.273 e. The van der Waals surface area contributed by atoms with Crippen molar-refractivity contribution >= 4 is 35.9 Å². The van der Waals surface area contributed by atoms with E-state index in [-0.39, 0.29) is 24.1 Å². The van der Waals surface area contributed by atoms with Crippen LogP contribution in [0.25, 0.3) is 6.08 Å². The van der Waals surface area contributed by atoms with E-state index in [4.69, 9.17) is 0 Å². The van der Waals surface area contributed by atoms with Gasteiger partial charge in [0.25, 0.3) is 5.91 Å². The highest BCUT2D eigenvalue weighted by molar-refractivity contribution is 6.32. The monoisotopic (exact) mass is 388 g/mol. The molecule has 8 nitrogen and oxygen atoms in total. The number of hydrogen-bond acceptors (Lipinski definition) is 6. The number of hydrazone groups is 1. The Hall–Kier alpha value is -2.84. The molecule has 1 amide bonds. The van der Waals surface area contributed by atoms with Crippen LogP contribution in [0, 0.1) is 13.8 Å². The summed E-state index contributed by atoms with van der Waals surface area (Å²) in [6.45, 7) is 4.04. The first-order valence-electron chi connectivity index (χ1n) is 8.12. The number of H-pyrrole nitrogens is 1. The van der Waals surface area contributed by atoms with Crippen LogP contribution < -0.4 is 5.43 Å². The van der Waals surface area contributed by atoms with Gasteiger partial charge in [0.05, 0.1) is 18.3 Å².